The van der Waals surface area contributed by atoms with Gasteiger partial charge in [0.05, 0.1) is 12.4 Å². The second-order valence-electron chi connectivity index (χ2n) is 3.36. The van der Waals surface area contributed by atoms with Gasteiger partial charge < -0.3 is 10.2 Å². The lowest BCUT2D eigenvalue weighted by molar-refractivity contribution is 0.101. The summed E-state index contributed by atoms with van der Waals surface area (Å²) in [5, 5.41) is 14.9. The van der Waals surface area contributed by atoms with E-state index in [0.717, 1.165) is 0 Å². The maximum atomic E-state index is 11.5. The van der Waals surface area contributed by atoms with Gasteiger partial charge in [0, 0.05) is 14.1 Å². The van der Waals surface area contributed by atoms with Crippen LogP contribution in [0.4, 0.5) is 11.6 Å². The molecule has 0 aliphatic carbocycles. The Morgan fingerprint density at radius 2 is 2.18 bits per heavy atom. The summed E-state index contributed by atoms with van der Waals surface area (Å²) >= 11 is 0. The number of rotatable bonds is 3. The number of nitrogens with one attached hydrogen (secondary N) is 2. The molecule has 2 aromatic rings. The number of aromatic amines is 1. The number of carbonyl (C=O) groups excluding carboxylic acids is 1. The first-order chi connectivity index (χ1) is 8.16. The van der Waals surface area contributed by atoms with Crippen molar-refractivity contribution in [2.24, 2.45) is 0 Å². The zero-order valence-corrected chi connectivity index (χ0v) is 9.25. The lowest BCUT2D eigenvalue weighted by Gasteiger charge is -2.10. The highest BCUT2D eigenvalue weighted by Gasteiger charge is 2.10. The zero-order chi connectivity index (χ0) is 12.3. The molecule has 0 bridgehead atoms. The van der Waals surface area contributed by atoms with Gasteiger partial charge in [0.15, 0.2) is 5.82 Å². The molecule has 2 N–H and O–H groups in total. The normalized spacial score (nSPS) is 10.0. The molecule has 2 heterocycles. The minimum atomic E-state index is -0.470. The average molecular weight is 234 g/mol. The van der Waals surface area contributed by atoms with E-state index < -0.39 is 5.91 Å². The van der Waals surface area contributed by atoms with E-state index in [2.05, 4.69) is 35.9 Å². The van der Waals surface area contributed by atoms with Gasteiger partial charge in [-0.15, -0.1) is 5.10 Å². The summed E-state index contributed by atoms with van der Waals surface area (Å²) in [6, 6.07) is 0. The monoisotopic (exact) mass is 234 g/mol. The molecule has 0 atom stereocenters. The predicted molar refractivity (Wildman–Crippen MR) is 58.5 cm³/mol. The van der Waals surface area contributed by atoms with Gasteiger partial charge in [-0.25, -0.2) is 15.1 Å². The van der Waals surface area contributed by atoms with Crippen molar-refractivity contribution in [1.82, 2.24) is 30.6 Å². The summed E-state index contributed by atoms with van der Waals surface area (Å²) < 4.78 is 0. The third-order valence-corrected chi connectivity index (χ3v) is 1.90. The fourth-order valence-electron chi connectivity index (χ4n) is 1.05. The molecule has 0 saturated heterocycles. The van der Waals surface area contributed by atoms with Crippen molar-refractivity contribution in [2.45, 2.75) is 0 Å². The van der Waals surface area contributed by atoms with Crippen molar-refractivity contribution in [1.29, 1.82) is 0 Å². The van der Waals surface area contributed by atoms with Crippen molar-refractivity contribution < 1.29 is 4.79 Å². The highest BCUT2D eigenvalue weighted by molar-refractivity contribution is 6.00. The molecule has 0 radical (unpaired) electrons. The molecular weight excluding hydrogens is 224 g/mol. The number of tetrazole rings is 1. The topological polar surface area (TPSA) is 113 Å². The highest BCUT2D eigenvalue weighted by atomic mass is 16.2. The SMILES string of the molecule is CN(C)c1cnc(NC(=O)c2nnn[nH]2)cn1. The summed E-state index contributed by atoms with van der Waals surface area (Å²) in [5.74, 6) is 0.576. The molecule has 2 aromatic heterocycles. The predicted octanol–water partition coefficient (Wildman–Crippen LogP) is -0.692. The van der Waals surface area contributed by atoms with E-state index in [0.29, 0.717) is 11.6 Å². The second-order valence-corrected chi connectivity index (χ2v) is 3.36. The van der Waals surface area contributed by atoms with Crippen LogP contribution >= 0.6 is 0 Å². The molecule has 0 aromatic carbocycles. The van der Waals surface area contributed by atoms with Crippen LogP contribution in [0.25, 0.3) is 0 Å². The number of amides is 1. The van der Waals surface area contributed by atoms with E-state index in [-0.39, 0.29) is 5.82 Å². The first-order valence-electron chi connectivity index (χ1n) is 4.71. The van der Waals surface area contributed by atoms with Crippen LogP contribution in [0.2, 0.25) is 0 Å². The Labute approximate surface area is 96.3 Å². The van der Waals surface area contributed by atoms with Gasteiger partial charge in [0.25, 0.3) is 5.91 Å². The van der Waals surface area contributed by atoms with Crippen molar-refractivity contribution in [2.75, 3.05) is 24.3 Å². The molecule has 9 heteroatoms. The van der Waals surface area contributed by atoms with E-state index in [1.807, 2.05) is 14.1 Å². The maximum absolute atomic E-state index is 11.5. The molecule has 0 saturated carbocycles. The largest absolute Gasteiger partial charge is 0.361 e. The molecule has 0 spiro atoms. The number of aromatic nitrogens is 6. The first-order valence-corrected chi connectivity index (χ1v) is 4.71. The Morgan fingerprint density at radius 1 is 1.35 bits per heavy atom. The number of hydrogen-bond donors (Lipinski definition) is 2. The Balaban J connectivity index is 2.07. The van der Waals surface area contributed by atoms with Crippen molar-refractivity contribution in [3.63, 3.8) is 0 Å². The Hall–Kier alpha value is -2.58. The Bertz CT molecular complexity index is 491. The van der Waals surface area contributed by atoms with Crippen LogP contribution < -0.4 is 10.2 Å². The molecule has 0 fully saturated rings. The number of anilines is 2. The summed E-state index contributed by atoms with van der Waals surface area (Å²) in [4.78, 5) is 21.5. The van der Waals surface area contributed by atoms with Crippen LogP contribution in [-0.4, -0.2) is 50.6 Å². The molecule has 88 valence electrons. The van der Waals surface area contributed by atoms with Crippen LogP contribution in [-0.2, 0) is 0 Å². The van der Waals surface area contributed by atoms with E-state index in [1.165, 1.54) is 6.20 Å². The number of carbonyl (C=O) groups is 1. The molecule has 17 heavy (non-hydrogen) atoms. The number of H-pyrrole nitrogens is 1. The van der Waals surface area contributed by atoms with Crippen LogP contribution in [0.3, 0.4) is 0 Å². The molecule has 9 nitrogen and oxygen atoms in total. The van der Waals surface area contributed by atoms with Crippen molar-refractivity contribution >= 4 is 17.5 Å². The quantitative estimate of drug-likeness (QED) is 0.722. The fraction of sp³-hybridized carbons (Fsp3) is 0.250. The lowest BCUT2D eigenvalue weighted by Crippen LogP contribution is -2.16. The summed E-state index contributed by atoms with van der Waals surface area (Å²) in [6.07, 6.45) is 3.01. The Kier molecular flexibility index (Phi) is 2.90. The number of nitrogens with zero attached hydrogens (tertiary/aromatic N) is 6. The van der Waals surface area contributed by atoms with Gasteiger partial charge in [-0.05, 0) is 10.4 Å². The molecule has 2 rings (SSSR count). The first kappa shape index (κ1) is 10.9. The van der Waals surface area contributed by atoms with E-state index in [4.69, 9.17) is 0 Å². The van der Waals surface area contributed by atoms with Crippen LogP contribution in [0, 0.1) is 0 Å². The van der Waals surface area contributed by atoms with E-state index in [1.54, 1.807) is 11.1 Å². The Morgan fingerprint density at radius 3 is 2.71 bits per heavy atom. The van der Waals surface area contributed by atoms with Gasteiger partial charge >= 0.3 is 0 Å². The summed E-state index contributed by atoms with van der Waals surface area (Å²) in [7, 11) is 3.70. The average Bonchev–Trinajstić information content (AvgIpc) is 2.83. The van der Waals surface area contributed by atoms with E-state index >= 15 is 0 Å². The third kappa shape index (κ3) is 2.51. The second kappa shape index (κ2) is 4.51. The molecular formula is C8H10N8O. The smallest absolute Gasteiger partial charge is 0.296 e. The molecule has 0 unspecified atom stereocenters. The van der Waals surface area contributed by atoms with Gasteiger partial charge in [0.2, 0.25) is 5.82 Å². The van der Waals surface area contributed by atoms with Gasteiger partial charge in [-0.3, -0.25) is 4.79 Å². The van der Waals surface area contributed by atoms with Gasteiger partial charge in [-0.2, -0.15) is 0 Å². The van der Waals surface area contributed by atoms with Crippen LogP contribution in [0.1, 0.15) is 10.6 Å². The number of hydrogen-bond acceptors (Lipinski definition) is 7. The minimum absolute atomic E-state index is 0.0171. The molecule has 1 amide bonds. The summed E-state index contributed by atoms with van der Waals surface area (Å²) in [6.45, 7) is 0. The minimum Gasteiger partial charge on any atom is -0.361 e. The molecule has 0 aliphatic rings. The van der Waals surface area contributed by atoms with Crippen molar-refractivity contribution in [3.05, 3.63) is 18.2 Å². The fourth-order valence-corrected chi connectivity index (χ4v) is 1.05. The van der Waals surface area contributed by atoms with Gasteiger partial charge in [0.1, 0.15) is 5.82 Å². The van der Waals surface area contributed by atoms with Crippen LogP contribution in [0.15, 0.2) is 12.4 Å². The maximum Gasteiger partial charge on any atom is 0.296 e. The molecule has 0 aliphatic heterocycles. The van der Waals surface area contributed by atoms with Gasteiger partial charge in [-0.1, -0.05) is 0 Å². The lowest BCUT2D eigenvalue weighted by atomic mass is 10.5. The highest BCUT2D eigenvalue weighted by Crippen LogP contribution is 2.07. The standard InChI is InChI=1S/C8H10N8O/c1-16(2)6-4-9-5(3-10-6)11-8(17)7-12-14-15-13-7/h3-4H,1-2H3,(H,9,11,17)(H,12,13,14,15). The van der Waals surface area contributed by atoms with Crippen LogP contribution in [0.5, 0.6) is 0 Å². The zero-order valence-electron chi connectivity index (χ0n) is 9.25. The van der Waals surface area contributed by atoms with Crippen molar-refractivity contribution in [3.8, 4) is 0 Å². The summed E-state index contributed by atoms with van der Waals surface area (Å²) in [5.41, 5.74) is 0. The third-order valence-electron chi connectivity index (χ3n) is 1.90. The van der Waals surface area contributed by atoms with E-state index in [9.17, 15) is 4.79 Å².